The predicted molar refractivity (Wildman–Crippen MR) is 139 cm³/mol. The van der Waals surface area contributed by atoms with Crippen LogP contribution in [0.4, 0.5) is 0 Å². The molecule has 178 valence electrons. The zero-order valence-corrected chi connectivity index (χ0v) is 21.6. The third-order valence-electron chi connectivity index (χ3n) is 4.12. The van der Waals surface area contributed by atoms with Gasteiger partial charge in [0, 0.05) is 51.0 Å². The highest BCUT2D eigenvalue weighted by molar-refractivity contribution is 8.26. The number of hydrogen-bond donors (Lipinski definition) is 1. The number of carbonyl (C=O) groups is 2. The lowest BCUT2D eigenvalue weighted by Crippen LogP contribution is -1.99. The van der Waals surface area contributed by atoms with Gasteiger partial charge in [-0.2, -0.15) is 0 Å². The topological polar surface area (TPSA) is 97.2 Å². The van der Waals surface area contributed by atoms with E-state index in [1.165, 1.54) is 0 Å². The number of halogens is 5. The van der Waals surface area contributed by atoms with Crippen LogP contribution in [0.15, 0.2) is 60.9 Å². The van der Waals surface area contributed by atoms with Crippen molar-refractivity contribution in [3.8, 4) is 0 Å². The molecule has 4 aromatic rings. The summed E-state index contributed by atoms with van der Waals surface area (Å²) in [5.74, 6) is -0.843. The molecule has 0 fully saturated rings. The van der Waals surface area contributed by atoms with Gasteiger partial charge in [0.15, 0.2) is 0 Å². The number of pyridine rings is 2. The average molecular weight is 581 g/mol. The minimum Gasteiger partial charge on any atom is -0.481 e. The van der Waals surface area contributed by atoms with Crippen LogP contribution in [-0.4, -0.2) is 30.5 Å². The fourth-order valence-electron chi connectivity index (χ4n) is 2.86. The number of benzene rings is 2. The van der Waals surface area contributed by atoms with Crippen molar-refractivity contribution >= 4 is 98.4 Å². The average Bonchev–Trinajstić information content (AvgIpc) is 2.72. The maximum Gasteiger partial charge on any atom is 0.307 e. The molecule has 0 unspecified atom stereocenters. The summed E-state index contributed by atoms with van der Waals surface area (Å²) in [6.07, 6.45) is 3.41. The maximum atomic E-state index is 10.7. The SMILES string of the molecule is O=C(Cl)Cc1ccc2ncc(Cl)cc2c1.O=C(O)Cc1ccc2ncc(Cl)cc2c1.O=S(Cl)Cl. The number of rotatable bonds is 4. The third-order valence-corrected chi connectivity index (χ3v) is 4.67. The first-order valence-corrected chi connectivity index (χ1v) is 13.2. The third kappa shape index (κ3) is 10.1. The maximum absolute atomic E-state index is 10.7. The first-order valence-electron chi connectivity index (χ1n) is 9.26. The van der Waals surface area contributed by atoms with Crippen LogP contribution in [0.25, 0.3) is 21.8 Å². The molecule has 0 bridgehead atoms. The number of fused-ring (bicyclic) bond motifs is 2. The van der Waals surface area contributed by atoms with Crippen molar-refractivity contribution in [3.05, 3.63) is 82.1 Å². The molecule has 0 aliphatic heterocycles. The molecule has 4 rings (SSSR count). The molecular weight excluding hydrogens is 566 g/mol. The smallest absolute Gasteiger partial charge is 0.307 e. The molecule has 2 aromatic heterocycles. The first-order chi connectivity index (χ1) is 16.0. The number of carboxylic acids is 1. The van der Waals surface area contributed by atoms with Gasteiger partial charge in [-0.05, 0) is 59.1 Å². The Kier molecular flexibility index (Phi) is 11.4. The molecule has 0 saturated heterocycles. The number of carboxylic acid groups (broad SMARTS) is 1. The Labute approximate surface area is 221 Å². The van der Waals surface area contributed by atoms with Gasteiger partial charge >= 0.3 is 5.97 Å². The molecule has 2 aromatic carbocycles. The van der Waals surface area contributed by atoms with Crippen molar-refractivity contribution in [2.45, 2.75) is 12.8 Å². The highest BCUT2D eigenvalue weighted by atomic mass is 36.0. The van der Waals surface area contributed by atoms with Crippen molar-refractivity contribution in [1.29, 1.82) is 0 Å². The van der Waals surface area contributed by atoms with Crippen molar-refractivity contribution in [3.63, 3.8) is 0 Å². The highest BCUT2D eigenvalue weighted by Gasteiger charge is 2.03. The molecular formula is C22H15Cl5N2O4S. The van der Waals surface area contributed by atoms with Crippen molar-refractivity contribution in [2.24, 2.45) is 0 Å². The zero-order valence-electron chi connectivity index (χ0n) is 17.1. The molecule has 0 radical (unpaired) electrons. The van der Waals surface area contributed by atoms with Gasteiger partial charge in [-0.1, -0.05) is 35.3 Å². The summed E-state index contributed by atoms with van der Waals surface area (Å²) < 4.78 is 9.09. The second-order valence-electron chi connectivity index (χ2n) is 6.65. The summed E-state index contributed by atoms with van der Waals surface area (Å²) in [7, 11) is 7.36. The van der Waals surface area contributed by atoms with E-state index in [0.29, 0.717) is 10.0 Å². The summed E-state index contributed by atoms with van der Waals surface area (Å²) in [4.78, 5) is 29.5. The van der Waals surface area contributed by atoms with Crippen LogP contribution < -0.4 is 0 Å². The molecule has 0 aliphatic carbocycles. The van der Waals surface area contributed by atoms with E-state index in [9.17, 15) is 9.59 Å². The van der Waals surface area contributed by atoms with Crippen LogP contribution in [0.5, 0.6) is 0 Å². The predicted octanol–water partition coefficient (Wildman–Crippen LogP) is 6.75. The quantitative estimate of drug-likeness (QED) is 0.268. The van der Waals surface area contributed by atoms with Crippen LogP contribution in [0, 0.1) is 0 Å². The Morgan fingerprint density at radius 2 is 1.21 bits per heavy atom. The van der Waals surface area contributed by atoms with E-state index in [-0.39, 0.29) is 18.1 Å². The summed E-state index contributed by atoms with van der Waals surface area (Å²) in [6, 6.07) is 14.5. The highest BCUT2D eigenvalue weighted by Crippen LogP contribution is 2.19. The molecule has 0 amide bonds. The molecule has 0 aliphatic rings. The summed E-state index contributed by atoms with van der Waals surface area (Å²) in [5, 5.41) is 11.2. The van der Waals surface area contributed by atoms with Gasteiger partial charge in [-0.3, -0.25) is 19.6 Å². The molecule has 0 saturated carbocycles. The van der Waals surface area contributed by atoms with Crippen molar-refractivity contribution < 1.29 is 18.9 Å². The van der Waals surface area contributed by atoms with E-state index in [4.69, 9.17) is 44.1 Å². The van der Waals surface area contributed by atoms with E-state index in [0.717, 1.165) is 32.9 Å². The number of aliphatic carboxylic acids is 1. The van der Waals surface area contributed by atoms with Crippen LogP contribution in [-0.2, 0) is 31.7 Å². The van der Waals surface area contributed by atoms with E-state index < -0.39 is 15.2 Å². The minimum atomic E-state index is -1.67. The number of hydrogen-bond acceptors (Lipinski definition) is 5. The lowest BCUT2D eigenvalue weighted by molar-refractivity contribution is -0.136. The Morgan fingerprint density at radius 3 is 1.59 bits per heavy atom. The van der Waals surface area contributed by atoms with Gasteiger partial charge in [-0.25, -0.2) is 4.21 Å². The molecule has 34 heavy (non-hydrogen) atoms. The Balaban J connectivity index is 0.000000208. The number of carbonyl (C=O) groups excluding carboxylic acids is 1. The van der Waals surface area contributed by atoms with Gasteiger partial charge in [0.25, 0.3) is 0 Å². The van der Waals surface area contributed by atoms with E-state index >= 15 is 0 Å². The summed E-state index contributed by atoms with van der Waals surface area (Å²) >= 11 is 16.9. The van der Waals surface area contributed by atoms with Gasteiger partial charge in [-0.15, -0.1) is 0 Å². The largest absolute Gasteiger partial charge is 0.481 e. The first kappa shape index (κ1) is 28.2. The second kappa shape index (κ2) is 13.8. The summed E-state index contributed by atoms with van der Waals surface area (Å²) in [6.45, 7) is 0. The molecule has 2 heterocycles. The number of nitrogens with zero attached hydrogens (tertiary/aromatic N) is 2. The van der Waals surface area contributed by atoms with Crippen LogP contribution in [0.1, 0.15) is 11.1 Å². The fourth-order valence-corrected chi connectivity index (χ4v) is 3.35. The lowest BCUT2D eigenvalue weighted by atomic mass is 10.1. The zero-order chi connectivity index (χ0) is 25.3. The fraction of sp³-hybridized carbons (Fsp3) is 0.0909. The standard InChI is InChI=1S/C11H7Cl2NO.C11H8ClNO2.Cl2OS/c12-9-5-8-3-7(4-11(13)15)1-2-10(8)14-6-9;12-9-5-8-3-7(4-11(14)15)1-2-10(8)13-6-9;1-4(2)3/h1-3,5-6H,4H2;1-3,5-6H,4H2,(H,14,15);. The van der Waals surface area contributed by atoms with Gasteiger partial charge < -0.3 is 5.11 Å². The van der Waals surface area contributed by atoms with E-state index in [1.807, 2.05) is 24.3 Å². The monoisotopic (exact) mass is 578 g/mol. The van der Waals surface area contributed by atoms with Crippen LogP contribution in [0.2, 0.25) is 10.0 Å². The molecule has 6 nitrogen and oxygen atoms in total. The minimum absolute atomic E-state index is 0.0163. The van der Waals surface area contributed by atoms with E-state index in [1.54, 1.807) is 36.7 Å². The Hall–Kier alpha value is -2.00. The van der Waals surface area contributed by atoms with Crippen molar-refractivity contribution in [1.82, 2.24) is 9.97 Å². The van der Waals surface area contributed by atoms with Gasteiger partial charge in [0.2, 0.25) is 14.5 Å². The van der Waals surface area contributed by atoms with Crippen LogP contribution in [0.3, 0.4) is 0 Å². The summed E-state index contributed by atoms with van der Waals surface area (Å²) in [5.41, 5.74) is 3.28. The molecule has 12 heteroatoms. The Bertz CT molecular complexity index is 1250. The van der Waals surface area contributed by atoms with Gasteiger partial charge in [0.1, 0.15) is 0 Å². The Morgan fingerprint density at radius 1 is 0.794 bits per heavy atom. The van der Waals surface area contributed by atoms with E-state index in [2.05, 4.69) is 31.3 Å². The lowest BCUT2D eigenvalue weighted by Gasteiger charge is -2.00. The number of aromatic nitrogens is 2. The van der Waals surface area contributed by atoms with Crippen LogP contribution >= 0.6 is 56.2 Å². The van der Waals surface area contributed by atoms with Crippen molar-refractivity contribution in [2.75, 3.05) is 0 Å². The van der Waals surface area contributed by atoms with Gasteiger partial charge in [0.05, 0.1) is 27.5 Å². The molecule has 1 N–H and O–H groups in total. The second-order valence-corrected chi connectivity index (χ2v) is 10.5. The molecule has 0 atom stereocenters. The molecule has 0 spiro atoms. The normalized spacial score (nSPS) is 10.3.